The van der Waals surface area contributed by atoms with Crippen LogP contribution < -0.4 is 15.5 Å². The predicted octanol–water partition coefficient (Wildman–Crippen LogP) is 1.99. The highest BCUT2D eigenvalue weighted by molar-refractivity contribution is 6.01. The number of cyclic esters (lactones) is 1. The Balaban J connectivity index is 1.62. The van der Waals surface area contributed by atoms with Crippen LogP contribution in [0.4, 0.5) is 16.2 Å². The number of rotatable bonds is 5. The molecule has 1 aliphatic heterocycles. The van der Waals surface area contributed by atoms with Gasteiger partial charge in [-0.15, -0.1) is 0 Å². The fraction of sp³-hybridized carbons (Fsp3) is 0.235. The first kappa shape index (κ1) is 16.6. The van der Waals surface area contributed by atoms with E-state index in [-0.39, 0.29) is 5.91 Å². The first-order valence-electron chi connectivity index (χ1n) is 7.73. The molecule has 1 aromatic carbocycles. The molecule has 1 saturated heterocycles. The first-order valence-corrected chi connectivity index (χ1v) is 7.73. The van der Waals surface area contributed by atoms with Crippen molar-refractivity contribution in [2.45, 2.75) is 13.0 Å². The average molecular weight is 343 g/mol. The molecule has 3 amide bonds. The van der Waals surface area contributed by atoms with Crippen molar-refractivity contribution in [3.8, 4) is 0 Å². The van der Waals surface area contributed by atoms with Gasteiger partial charge in [0.2, 0.25) is 5.91 Å². The molecule has 0 unspecified atom stereocenters. The van der Waals surface area contributed by atoms with E-state index in [9.17, 15) is 14.4 Å². The second kappa shape index (κ2) is 7.08. The smallest absolute Gasteiger partial charge is 0.414 e. The van der Waals surface area contributed by atoms with Crippen LogP contribution in [0.1, 0.15) is 17.3 Å². The largest absolute Gasteiger partial charge is 0.472 e. The van der Waals surface area contributed by atoms with Crippen molar-refractivity contribution in [3.63, 3.8) is 0 Å². The third-order valence-corrected chi connectivity index (χ3v) is 3.71. The van der Waals surface area contributed by atoms with Crippen LogP contribution in [0.2, 0.25) is 0 Å². The number of hydrogen-bond acceptors (Lipinski definition) is 5. The highest BCUT2D eigenvalue weighted by atomic mass is 16.6. The molecule has 0 aliphatic carbocycles. The molecule has 1 aliphatic rings. The Morgan fingerprint density at radius 2 is 2.12 bits per heavy atom. The number of nitrogens with one attached hydrogen (secondary N) is 2. The molecule has 0 spiro atoms. The molecule has 1 aromatic heterocycles. The molecule has 130 valence electrons. The maximum Gasteiger partial charge on any atom is 0.414 e. The van der Waals surface area contributed by atoms with E-state index in [4.69, 9.17) is 9.15 Å². The van der Waals surface area contributed by atoms with Gasteiger partial charge in [-0.2, -0.15) is 0 Å². The zero-order valence-electron chi connectivity index (χ0n) is 13.5. The van der Waals surface area contributed by atoms with Gasteiger partial charge in [0.25, 0.3) is 5.91 Å². The van der Waals surface area contributed by atoms with Crippen molar-refractivity contribution >= 4 is 29.3 Å². The van der Waals surface area contributed by atoms with Crippen LogP contribution >= 0.6 is 0 Å². The molecule has 2 heterocycles. The van der Waals surface area contributed by atoms with Crippen LogP contribution in [0, 0.1) is 0 Å². The number of furan rings is 1. The molecule has 1 fully saturated rings. The summed E-state index contributed by atoms with van der Waals surface area (Å²) in [7, 11) is 0. The topological polar surface area (TPSA) is 101 Å². The standard InChI is InChI=1S/C17H17N3O5/c1-11(18-16(22)12-5-7-24-10-12)15(21)19-13-3-2-4-14(9-13)20-6-8-25-17(20)23/h2-5,7,9-11H,6,8H2,1H3,(H,18,22)(H,19,21)/t11-/m1/s1. The minimum atomic E-state index is -0.747. The summed E-state index contributed by atoms with van der Waals surface area (Å²) in [4.78, 5) is 37.3. The van der Waals surface area contributed by atoms with Gasteiger partial charge in [0.15, 0.2) is 0 Å². The van der Waals surface area contributed by atoms with Gasteiger partial charge in [-0.3, -0.25) is 14.5 Å². The van der Waals surface area contributed by atoms with Gasteiger partial charge in [0.1, 0.15) is 18.9 Å². The highest BCUT2D eigenvalue weighted by Gasteiger charge is 2.24. The van der Waals surface area contributed by atoms with Gasteiger partial charge in [-0.1, -0.05) is 6.07 Å². The Hall–Kier alpha value is -3.29. The number of hydrogen-bond donors (Lipinski definition) is 2. The van der Waals surface area contributed by atoms with Crippen LogP contribution in [0.3, 0.4) is 0 Å². The molecule has 8 heteroatoms. The summed E-state index contributed by atoms with van der Waals surface area (Å²) >= 11 is 0. The van der Waals surface area contributed by atoms with Gasteiger partial charge in [-0.05, 0) is 31.2 Å². The Bertz CT molecular complexity index is 787. The molecule has 2 N–H and O–H groups in total. The second-order valence-corrected chi connectivity index (χ2v) is 5.51. The average Bonchev–Trinajstić information content (AvgIpc) is 3.26. The summed E-state index contributed by atoms with van der Waals surface area (Å²) in [5.74, 6) is -0.775. The van der Waals surface area contributed by atoms with E-state index >= 15 is 0 Å². The number of ether oxygens (including phenoxy) is 1. The number of carbonyl (C=O) groups excluding carboxylic acids is 3. The van der Waals surface area contributed by atoms with E-state index in [1.165, 1.54) is 23.5 Å². The summed E-state index contributed by atoms with van der Waals surface area (Å²) in [6.45, 7) is 2.38. The molecule has 3 rings (SSSR count). The van der Waals surface area contributed by atoms with Gasteiger partial charge in [-0.25, -0.2) is 4.79 Å². The van der Waals surface area contributed by atoms with Crippen molar-refractivity contribution in [3.05, 3.63) is 48.4 Å². The summed E-state index contributed by atoms with van der Waals surface area (Å²) in [5, 5.41) is 5.30. The number of nitrogens with zero attached hydrogens (tertiary/aromatic N) is 1. The van der Waals surface area contributed by atoms with E-state index in [1.54, 1.807) is 31.2 Å². The molecule has 0 saturated carbocycles. The first-order chi connectivity index (χ1) is 12.0. The summed E-state index contributed by atoms with van der Waals surface area (Å²) in [6.07, 6.45) is 2.27. The molecule has 1 atom stereocenters. The third-order valence-electron chi connectivity index (χ3n) is 3.71. The molecular formula is C17H17N3O5. The van der Waals surface area contributed by atoms with Crippen LogP contribution in [-0.2, 0) is 9.53 Å². The molecule has 2 aromatic rings. The Labute approximate surface area is 143 Å². The van der Waals surface area contributed by atoms with E-state index < -0.39 is 18.0 Å². The van der Waals surface area contributed by atoms with Gasteiger partial charge in [0.05, 0.1) is 18.4 Å². The van der Waals surface area contributed by atoms with Crippen LogP contribution in [0.5, 0.6) is 0 Å². The van der Waals surface area contributed by atoms with E-state index in [0.717, 1.165) is 0 Å². The number of benzene rings is 1. The summed E-state index contributed by atoms with van der Waals surface area (Å²) < 4.78 is 9.74. The normalized spacial score (nSPS) is 14.8. The minimum absolute atomic E-state index is 0.340. The molecule has 8 nitrogen and oxygen atoms in total. The number of amides is 3. The van der Waals surface area contributed by atoms with Crippen molar-refractivity contribution in [1.82, 2.24) is 5.32 Å². The minimum Gasteiger partial charge on any atom is -0.472 e. The quantitative estimate of drug-likeness (QED) is 0.865. The summed E-state index contributed by atoms with van der Waals surface area (Å²) in [5.41, 5.74) is 1.50. The zero-order valence-corrected chi connectivity index (χ0v) is 13.5. The van der Waals surface area contributed by atoms with Crippen LogP contribution in [0.25, 0.3) is 0 Å². The van der Waals surface area contributed by atoms with Crippen LogP contribution in [-0.4, -0.2) is 37.1 Å². The highest BCUT2D eigenvalue weighted by Crippen LogP contribution is 2.22. The van der Waals surface area contributed by atoms with Crippen LogP contribution in [0.15, 0.2) is 47.3 Å². The molecular weight excluding hydrogens is 326 g/mol. The van der Waals surface area contributed by atoms with Gasteiger partial charge >= 0.3 is 6.09 Å². The van der Waals surface area contributed by atoms with Gasteiger partial charge < -0.3 is 19.8 Å². The van der Waals surface area contributed by atoms with Crippen molar-refractivity contribution in [2.24, 2.45) is 0 Å². The van der Waals surface area contributed by atoms with E-state index in [2.05, 4.69) is 10.6 Å². The monoisotopic (exact) mass is 343 g/mol. The summed E-state index contributed by atoms with van der Waals surface area (Å²) in [6, 6.07) is 7.63. The van der Waals surface area contributed by atoms with E-state index in [0.29, 0.717) is 30.1 Å². The Kier molecular flexibility index (Phi) is 4.69. The fourth-order valence-electron chi connectivity index (χ4n) is 2.37. The van der Waals surface area contributed by atoms with Crippen molar-refractivity contribution in [1.29, 1.82) is 0 Å². The SMILES string of the molecule is C[C@@H](NC(=O)c1ccoc1)C(=O)Nc1cccc(N2CCOC2=O)c1. The third kappa shape index (κ3) is 3.79. The Morgan fingerprint density at radius 1 is 1.28 bits per heavy atom. The van der Waals surface area contributed by atoms with Crippen molar-refractivity contribution < 1.29 is 23.5 Å². The number of carbonyl (C=O) groups is 3. The van der Waals surface area contributed by atoms with E-state index in [1.807, 2.05) is 0 Å². The molecule has 0 radical (unpaired) electrons. The molecule has 0 bridgehead atoms. The zero-order chi connectivity index (χ0) is 17.8. The maximum absolute atomic E-state index is 12.3. The lowest BCUT2D eigenvalue weighted by molar-refractivity contribution is -0.117. The number of anilines is 2. The lowest BCUT2D eigenvalue weighted by atomic mass is 10.2. The second-order valence-electron chi connectivity index (χ2n) is 5.51. The lowest BCUT2D eigenvalue weighted by Crippen LogP contribution is -2.41. The van der Waals surface area contributed by atoms with Crippen molar-refractivity contribution in [2.75, 3.05) is 23.4 Å². The fourth-order valence-corrected chi connectivity index (χ4v) is 2.37. The Morgan fingerprint density at radius 3 is 2.80 bits per heavy atom. The predicted molar refractivity (Wildman–Crippen MR) is 89.4 cm³/mol. The lowest BCUT2D eigenvalue weighted by Gasteiger charge is -2.16. The molecule has 25 heavy (non-hydrogen) atoms. The maximum atomic E-state index is 12.3. The van der Waals surface area contributed by atoms with Gasteiger partial charge in [0, 0.05) is 11.4 Å².